The number of ether oxygens (including phenoxy) is 1. The van der Waals surface area contributed by atoms with E-state index in [4.69, 9.17) is 9.84 Å². The zero-order valence-electron chi connectivity index (χ0n) is 8.58. The van der Waals surface area contributed by atoms with Gasteiger partial charge in [-0.05, 0) is 19.4 Å². The van der Waals surface area contributed by atoms with Crippen molar-refractivity contribution in [2.75, 3.05) is 6.61 Å². The van der Waals surface area contributed by atoms with E-state index in [2.05, 4.69) is 0 Å². The molecule has 6 heteroatoms. The molecule has 6 nitrogen and oxygen atoms in total. The molecular weight excluding hydrogens is 204 g/mol. The first-order chi connectivity index (χ1) is 6.80. The number of hydrogen-bond acceptors (Lipinski definition) is 6. The standard InChI is InChI=1S/C9H16O6/c1-4(2)7(12)9(14)8(13)6(11)5(10)3-15-9/h5-6,8,10-14H,3H2,1-2H3/t5-,6-,8-,9?/m1/s1. The second-order valence-electron chi connectivity index (χ2n) is 3.86. The highest BCUT2D eigenvalue weighted by atomic mass is 16.7. The fourth-order valence-corrected chi connectivity index (χ4v) is 1.40. The molecule has 1 saturated heterocycles. The van der Waals surface area contributed by atoms with Gasteiger partial charge in [0.05, 0.1) is 6.61 Å². The molecule has 88 valence electrons. The number of hydrogen-bond donors (Lipinski definition) is 5. The lowest BCUT2D eigenvalue weighted by atomic mass is 9.94. The Hall–Kier alpha value is -0.660. The van der Waals surface area contributed by atoms with Crippen LogP contribution in [0.1, 0.15) is 13.8 Å². The summed E-state index contributed by atoms with van der Waals surface area (Å²) < 4.78 is 4.77. The van der Waals surface area contributed by atoms with Crippen LogP contribution in [0.3, 0.4) is 0 Å². The van der Waals surface area contributed by atoms with Crippen molar-refractivity contribution >= 4 is 0 Å². The van der Waals surface area contributed by atoms with Crippen LogP contribution >= 0.6 is 0 Å². The fraction of sp³-hybridized carbons (Fsp3) is 0.778. The van der Waals surface area contributed by atoms with Gasteiger partial charge in [-0.1, -0.05) is 0 Å². The van der Waals surface area contributed by atoms with Crippen molar-refractivity contribution in [1.82, 2.24) is 0 Å². The molecule has 1 unspecified atom stereocenters. The first kappa shape index (κ1) is 12.4. The Morgan fingerprint density at radius 1 is 1.27 bits per heavy atom. The van der Waals surface area contributed by atoms with Gasteiger partial charge in [0.2, 0.25) is 0 Å². The van der Waals surface area contributed by atoms with Gasteiger partial charge in [-0.15, -0.1) is 0 Å². The van der Waals surface area contributed by atoms with E-state index in [1.165, 1.54) is 13.8 Å². The average molecular weight is 220 g/mol. The number of rotatable bonds is 1. The minimum Gasteiger partial charge on any atom is -0.507 e. The molecule has 5 N–H and O–H groups in total. The normalized spacial score (nSPS) is 41.3. The van der Waals surface area contributed by atoms with E-state index in [1.54, 1.807) is 0 Å². The van der Waals surface area contributed by atoms with Gasteiger partial charge in [0, 0.05) is 0 Å². The molecule has 0 amide bonds. The molecule has 0 radical (unpaired) electrons. The molecule has 0 saturated carbocycles. The summed E-state index contributed by atoms with van der Waals surface area (Å²) in [5.41, 5.74) is 0.347. The van der Waals surface area contributed by atoms with Gasteiger partial charge in [-0.3, -0.25) is 0 Å². The molecule has 0 spiro atoms. The van der Waals surface area contributed by atoms with E-state index in [0.29, 0.717) is 5.57 Å². The van der Waals surface area contributed by atoms with Crippen LogP contribution in [-0.4, -0.2) is 56.2 Å². The van der Waals surface area contributed by atoms with E-state index in [1.807, 2.05) is 0 Å². The summed E-state index contributed by atoms with van der Waals surface area (Å²) in [6, 6.07) is 0. The molecule has 15 heavy (non-hydrogen) atoms. The van der Waals surface area contributed by atoms with Crippen molar-refractivity contribution < 1.29 is 30.3 Å². The van der Waals surface area contributed by atoms with Gasteiger partial charge in [0.15, 0.2) is 5.76 Å². The van der Waals surface area contributed by atoms with E-state index in [9.17, 15) is 20.4 Å². The second kappa shape index (κ2) is 4.07. The smallest absolute Gasteiger partial charge is 0.254 e. The summed E-state index contributed by atoms with van der Waals surface area (Å²) in [7, 11) is 0. The van der Waals surface area contributed by atoms with Crippen molar-refractivity contribution in [3.63, 3.8) is 0 Å². The summed E-state index contributed by atoms with van der Waals surface area (Å²) >= 11 is 0. The monoisotopic (exact) mass is 220 g/mol. The molecule has 1 aliphatic rings. The van der Waals surface area contributed by atoms with Crippen LogP contribution in [0, 0.1) is 0 Å². The molecule has 0 aromatic heterocycles. The Labute approximate surface area is 87.0 Å². The second-order valence-corrected chi connectivity index (χ2v) is 3.86. The molecule has 1 aliphatic heterocycles. The molecule has 0 aromatic carbocycles. The Balaban J connectivity index is 3.00. The van der Waals surface area contributed by atoms with Crippen LogP contribution < -0.4 is 0 Å². The lowest BCUT2D eigenvalue weighted by molar-refractivity contribution is -0.312. The SMILES string of the molecule is CC(C)=C(O)C1(O)OC[C@@H](O)[C@@H](O)[C@H]1O. The van der Waals surface area contributed by atoms with E-state index in [0.717, 1.165) is 0 Å². The first-order valence-corrected chi connectivity index (χ1v) is 4.58. The largest absolute Gasteiger partial charge is 0.507 e. The van der Waals surface area contributed by atoms with Crippen LogP contribution in [0.15, 0.2) is 11.3 Å². The predicted molar refractivity (Wildman–Crippen MR) is 49.9 cm³/mol. The lowest BCUT2D eigenvalue weighted by Crippen LogP contribution is -2.61. The van der Waals surface area contributed by atoms with Gasteiger partial charge in [0.1, 0.15) is 18.3 Å². The highest BCUT2D eigenvalue weighted by molar-refractivity contribution is 5.15. The minimum atomic E-state index is -2.35. The zero-order valence-corrected chi connectivity index (χ0v) is 8.58. The Morgan fingerprint density at radius 2 is 1.80 bits per heavy atom. The molecule has 0 aromatic rings. The molecule has 0 aliphatic carbocycles. The van der Waals surface area contributed by atoms with Crippen LogP contribution in [0.2, 0.25) is 0 Å². The molecular formula is C9H16O6. The maximum atomic E-state index is 9.82. The third-order valence-electron chi connectivity index (χ3n) is 2.41. The van der Waals surface area contributed by atoms with E-state index in [-0.39, 0.29) is 6.61 Å². The van der Waals surface area contributed by atoms with Gasteiger partial charge < -0.3 is 30.3 Å². The summed E-state index contributed by atoms with van der Waals surface area (Å²) in [4.78, 5) is 0. The number of allylic oxidation sites excluding steroid dienone is 1. The Kier molecular flexibility index (Phi) is 3.37. The summed E-state index contributed by atoms with van der Waals surface area (Å²) in [5, 5.41) is 47.4. The van der Waals surface area contributed by atoms with Crippen LogP contribution in [0.25, 0.3) is 0 Å². The summed E-state index contributed by atoms with van der Waals surface area (Å²) in [5.74, 6) is -2.90. The van der Waals surface area contributed by atoms with Crippen molar-refractivity contribution in [3.8, 4) is 0 Å². The molecule has 1 rings (SSSR count). The van der Waals surface area contributed by atoms with Gasteiger partial charge in [-0.2, -0.15) is 0 Å². The van der Waals surface area contributed by atoms with Crippen LogP contribution in [0.4, 0.5) is 0 Å². The van der Waals surface area contributed by atoms with Crippen LogP contribution in [0.5, 0.6) is 0 Å². The van der Waals surface area contributed by atoms with Gasteiger partial charge in [0.25, 0.3) is 5.79 Å². The van der Waals surface area contributed by atoms with Crippen molar-refractivity contribution in [2.45, 2.75) is 37.9 Å². The van der Waals surface area contributed by atoms with Crippen molar-refractivity contribution in [3.05, 3.63) is 11.3 Å². The third kappa shape index (κ3) is 1.99. The quantitative estimate of drug-likeness (QED) is 0.349. The van der Waals surface area contributed by atoms with Gasteiger partial charge in [-0.25, -0.2) is 0 Å². The number of aliphatic hydroxyl groups is 5. The molecule has 4 atom stereocenters. The zero-order chi connectivity index (χ0) is 11.8. The van der Waals surface area contributed by atoms with Crippen LogP contribution in [-0.2, 0) is 4.74 Å². The molecule has 1 heterocycles. The number of aliphatic hydroxyl groups excluding tert-OH is 4. The minimum absolute atomic E-state index is 0.347. The molecule has 1 fully saturated rings. The molecule has 0 bridgehead atoms. The lowest BCUT2D eigenvalue weighted by Gasteiger charge is -2.41. The Bertz CT molecular complexity index is 272. The average Bonchev–Trinajstić information content (AvgIpc) is 2.19. The maximum Gasteiger partial charge on any atom is 0.254 e. The topological polar surface area (TPSA) is 110 Å². The van der Waals surface area contributed by atoms with Gasteiger partial charge >= 0.3 is 0 Å². The Morgan fingerprint density at radius 3 is 2.27 bits per heavy atom. The maximum absolute atomic E-state index is 9.82. The van der Waals surface area contributed by atoms with Crippen molar-refractivity contribution in [2.24, 2.45) is 0 Å². The van der Waals surface area contributed by atoms with Crippen molar-refractivity contribution in [1.29, 1.82) is 0 Å². The third-order valence-corrected chi connectivity index (χ3v) is 2.41. The highest BCUT2D eigenvalue weighted by Crippen LogP contribution is 2.30. The highest BCUT2D eigenvalue weighted by Gasteiger charge is 2.51. The van der Waals surface area contributed by atoms with E-state index >= 15 is 0 Å². The fourth-order valence-electron chi connectivity index (χ4n) is 1.40. The summed E-state index contributed by atoms with van der Waals surface area (Å²) in [6.07, 6.45) is -4.65. The van der Waals surface area contributed by atoms with E-state index < -0.39 is 29.9 Å². The predicted octanol–water partition coefficient (Wildman–Crippen LogP) is -1.36. The first-order valence-electron chi connectivity index (χ1n) is 4.58. The summed E-state index contributed by atoms with van der Waals surface area (Å²) in [6.45, 7) is 2.66.